The Labute approximate surface area is 134 Å². The Kier molecular flexibility index (Phi) is 4.38. The standard InChI is InChI=1S/C18H18N4O/c1-3-12-23-15-10-8-14(9-11-15)13(2)21-22-18-19-16-6-4-5-7-17(16)20-18/h3-11H,1,12H2,2H3,(H2,19,20,22)/b21-13+. The van der Waals surface area contributed by atoms with E-state index >= 15 is 0 Å². The molecule has 2 aromatic carbocycles. The maximum Gasteiger partial charge on any atom is 0.222 e. The Bertz CT molecular complexity index is 801. The highest BCUT2D eigenvalue weighted by molar-refractivity contribution is 5.99. The van der Waals surface area contributed by atoms with Crippen molar-refractivity contribution >= 4 is 22.7 Å². The molecule has 5 heteroatoms. The van der Waals surface area contributed by atoms with Crippen molar-refractivity contribution in [1.82, 2.24) is 9.97 Å². The summed E-state index contributed by atoms with van der Waals surface area (Å²) in [4.78, 5) is 7.60. The molecule has 0 aliphatic heterocycles. The van der Waals surface area contributed by atoms with Gasteiger partial charge in [0.2, 0.25) is 5.95 Å². The lowest BCUT2D eigenvalue weighted by molar-refractivity contribution is 0.363. The fourth-order valence-corrected chi connectivity index (χ4v) is 2.15. The molecule has 0 saturated carbocycles. The van der Waals surface area contributed by atoms with Gasteiger partial charge < -0.3 is 9.72 Å². The average molecular weight is 306 g/mol. The van der Waals surface area contributed by atoms with E-state index in [1.54, 1.807) is 6.08 Å². The van der Waals surface area contributed by atoms with E-state index in [2.05, 4.69) is 27.1 Å². The van der Waals surface area contributed by atoms with Gasteiger partial charge in [-0.15, -0.1) is 0 Å². The molecule has 0 unspecified atom stereocenters. The highest BCUT2D eigenvalue weighted by atomic mass is 16.5. The van der Waals surface area contributed by atoms with Gasteiger partial charge in [-0.05, 0) is 48.9 Å². The van der Waals surface area contributed by atoms with Crippen molar-refractivity contribution in [1.29, 1.82) is 0 Å². The molecule has 0 amide bonds. The molecule has 0 aliphatic carbocycles. The van der Waals surface area contributed by atoms with Crippen LogP contribution >= 0.6 is 0 Å². The number of H-pyrrole nitrogens is 1. The number of para-hydroxylation sites is 2. The molecule has 0 saturated heterocycles. The van der Waals surface area contributed by atoms with Crippen LogP contribution < -0.4 is 10.2 Å². The summed E-state index contributed by atoms with van der Waals surface area (Å²) in [6.45, 7) is 6.07. The number of fused-ring (bicyclic) bond motifs is 1. The number of anilines is 1. The van der Waals surface area contributed by atoms with Crippen LogP contribution in [-0.4, -0.2) is 22.3 Å². The SMILES string of the molecule is C=CCOc1ccc(/C(C)=N/Nc2nc3ccccc3[nH]2)cc1. The normalized spacial score (nSPS) is 11.4. The first-order valence-corrected chi connectivity index (χ1v) is 7.35. The number of aromatic amines is 1. The van der Waals surface area contributed by atoms with E-state index in [0.29, 0.717) is 12.6 Å². The number of nitrogens with one attached hydrogen (secondary N) is 2. The monoisotopic (exact) mass is 306 g/mol. The summed E-state index contributed by atoms with van der Waals surface area (Å²) in [5.41, 5.74) is 6.72. The first-order valence-electron chi connectivity index (χ1n) is 7.35. The largest absolute Gasteiger partial charge is 0.490 e. The summed E-state index contributed by atoms with van der Waals surface area (Å²) in [5.74, 6) is 1.43. The van der Waals surface area contributed by atoms with Gasteiger partial charge in [-0.2, -0.15) is 5.10 Å². The van der Waals surface area contributed by atoms with Crippen LogP contribution in [0.25, 0.3) is 11.0 Å². The lowest BCUT2D eigenvalue weighted by Gasteiger charge is -2.05. The number of hydrogen-bond acceptors (Lipinski definition) is 4. The number of benzene rings is 2. The minimum Gasteiger partial charge on any atom is -0.490 e. The maximum absolute atomic E-state index is 5.46. The molecule has 1 aromatic heterocycles. The Balaban J connectivity index is 1.70. The minimum atomic E-state index is 0.500. The third-order valence-corrected chi connectivity index (χ3v) is 3.36. The molecular weight excluding hydrogens is 288 g/mol. The summed E-state index contributed by atoms with van der Waals surface area (Å²) in [6, 6.07) is 15.6. The van der Waals surface area contributed by atoms with Crippen LogP contribution in [0.1, 0.15) is 12.5 Å². The molecule has 5 nitrogen and oxygen atoms in total. The van der Waals surface area contributed by atoms with E-state index in [0.717, 1.165) is 28.1 Å². The van der Waals surface area contributed by atoms with Gasteiger partial charge in [0.25, 0.3) is 0 Å². The topological polar surface area (TPSA) is 62.3 Å². The highest BCUT2D eigenvalue weighted by Crippen LogP contribution is 2.15. The van der Waals surface area contributed by atoms with Crippen molar-refractivity contribution < 1.29 is 4.74 Å². The zero-order valence-electron chi connectivity index (χ0n) is 12.9. The van der Waals surface area contributed by atoms with Crippen LogP contribution in [0.3, 0.4) is 0 Å². The predicted molar refractivity (Wildman–Crippen MR) is 94.1 cm³/mol. The third-order valence-electron chi connectivity index (χ3n) is 3.36. The van der Waals surface area contributed by atoms with Gasteiger partial charge in [-0.3, -0.25) is 0 Å². The van der Waals surface area contributed by atoms with Gasteiger partial charge in [0.05, 0.1) is 16.7 Å². The van der Waals surface area contributed by atoms with Gasteiger partial charge >= 0.3 is 0 Å². The highest BCUT2D eigenvalue weighted by Gasteiger charge is 2.02. The second-order valence-corrected chi connectivity index (χ2v) is 5.04. The van der Waals surface area contributed by atoms with Crippen LogP contribution in [0.4, 0.5) is 5.95 Å². The van der Waals surface area contributed by atoms with Gasteiger partial charge in [0.15, 0.2) is 0 Å². The molecule has 2 N–H and O–H groups in total. The number of ether oxygens (including phenoxy) is 1. The molecule has 23 heavy (non-hydrogen) atoms. The van der Waals surface area contributed by atoms with Gasteiger partial charge in [-0.25, -0.2) is 10.4 Å². The lowest BCUT2D eigenvalue weighted by Crippen LogP contribution is -2.01. The summed E-state index contributed by atoms with van der Waals surface area (Å²) < 4.78 is 5.46. The number of imidazole rings is 1. The minimum absolute atomic E-state index is 0.500. The molecule has 0 bridgehead atoms. The zero-order chi connectivity index (χ0) is 16.1. The molecule has 3 rings (SSSR count). The quantitative estimate of drug-likeness (QED) is 0.411. The Morgan fingerprint density at radius 3 is 2.78 bits per heavy atom. The summed E-state index contributed by atoms with van der Waals surface area (Å²) >= 11 is 0. The van der Waals surface area contributed by atoms with Crippen molar-refractivity contribution in [3.8, 4) is 5.75 Å². The molecule has 3 aromatic rings. The Hall–Kier alpha value is -3.08. The fourth-order valence-electron chi connectivity index (χ4n) is 2.15. The number of hydrogen-bond donors (Lipinski definition) is 2. The Morgan fingerprint density at radius 2 is 2.04 bits per heavy atom. The molecular formula is C18H18N4O. The first-order chi connectivity index (χ1) is 11.3. The maximum atomic E-state index is 5.46. The van der Waals surface area contributed by atoms with Crippen LogP contribution in [0, 0.1) is 0 Å². The van der Waals surface area contributed by atoms with E-state index in [9.17, 15) is 0 Å². The van der Waals surface area contributed by atoms with E-state index in [4.69, 9.17) is 4.74 Å². The van der Waals surface area contributed by atoms with Crippen molar-refractivity contribution in [3.63, 3.8) is 0 Å². The van der Waals surface area contributed by atoms with Crippen LogP contribution in [0.15, 0.2) is 66.3 Å². The second-order valence-electron chi connectivity index (χ2n) is 5.04. The molecule has 0 radical (unpaired) electrons. The van der Waals surface area contributed by atoms with E-state index < -0.39 is 0 Å². The zero-order valence-corrected chi connectivity index (χ0v) is 12.9. The Morgan fingerprint density at radius 1 is 1.26 bits per heavy atom. The average Bonchev–Trinajstić information content (AvgIpc) is 3.01. The van der Waals surface area contributed by atoms with Crippen molar-refractivity contribution in [2.75, 3.05) is 12.0 Å². The van der Waals surface area contributed by atoms with E-state index in [-0.39, 0.29) is 0 Å². The third kappa shape index (κ3) is 3.58. The molecule has 0 spiro atoms. The van der Waals surface area contributed by atoms with Crippen molar-refractivity contribution in [2.24, 2.45) is 5.10 Å². The van der Waals surface area contributed by atoms with E-state index in [1.165, 1.54) is 0 Å². The van der Waals surface area contributed by atoms with Crippen LogP contribution in [0.5, 0.6) is 5.75 Å². The van der Waals surface area contributed by atoms with Crippen LogP contribution in [0.2, 0.25) is 0 Å². The molecule has 1 heterocycles. The lowest BCUT2D eigenvalue weighted by atomic mass is 10.1. The number of hydrazone groups is 1. The van der Waals surface area contributed by atoms with Crippen molar-refractivity contribution in [2.45, 2.75) is 6.92 Å². The smallest absolute Gasteiger partial charge is 0.222 e. The van der Waals surface area contributed by atoms with E-state index in [1.807, 2.05) is 55.5 Å². The van der Waals surface area contributed by atoms with Gasteiger partial charge in [0.1, 0.15) is 12.4 Å². The van der Waals surface area contributed by atoms with Crippen molar-refractivity contribution in [3.05, 3.63) is 66.7 Å². The van der Waals surface area contributed by atoms with Gasteiger partial charge in [0, 0.05) is 0 Å². The molecule has 0 atom stereocenters. The number of nitrogens with zero attached hydrogens (tertiary/aromatic N) is 2. The number of aromatic nitrogens is 2. The number of rotatable bonds is 6. The summed E-state index contributed by atoms with van der Waals surface area (Å²) in [7, 11) is 0. The van der Waals surface area contributed by atoms with Crippen LogP contribution in [-0.2, 0) is 0 Å². The first kappa shape index (κ1) is 14.8. The molecule has 0 fully saturated rings. The second kappa shape index (κ2) is 6.79. The van der Waals surface area contributed by atoms with Gasteiger partial charge in [-0.1, -0.05) is 24.8 Å². The summed E-state index contributed by atoms with van der Waals surface area (Å²) in [6.07, 6.45) is 1.72. The fraction of sp³-hybridized carbons (Fsp3) is 0.111. The molecule has 0 aliphatic rings. The summed E-state index contributed by atoms with van der Waals surface area (Å²) in [5, 5.41) is 4.37. The molecule has 116 valence electrons. The predicted octanol–water partition coefficient (Wildman–Crippen LogP) is 3.96.